The molecule has 25 heavy (non-hydrogen) atoms. The third-order valence-electron chi connectivity index (χ3n) is 3.65. The van der Waals surface area contributed by atoms with Crippen molar-refractivity contribution in [1.29, 1.82) is 0 Å². The second-order valence-corrected chi connectivity index (χ2v) is 5.74. The van der Waals surface area contributed by atoms with E-state index >= 15 is 0 Å². The number of halogens is 1. The fourth-order valence-corrected chi connectivity index (χ4v) is 2.28. The Bertz CT molecular complexity index is 526. The number of guanidine groups is 1. The van der Waals surface area contributed by atoms with Crippen molar-refractivity contribution in [2.45, 2.75) is 19.9 Å². The molecule has 0 saturated heterocycles. The zero-order valence-corrected chi connectivity index (χ0v) is 15.8. The molecule has 0 heterocycles. The first-order valence-corrected chi connectivity index (χ1v) is 8.62. The second kappa shape index (κ2) is 12.5. The van der Waals surface area contributed by atoms with Crippen LogP contribution >= 0.6 is 0 Å². The van der Waals surface area contributed by atoms with Gasteiger partial charge in [-0.05, 0) is 38.1 Å². The normalized spacial score (nSPS) is 11.7. The summed E-state index contributed by atoms with van der Waals surface area (Å²) in [6.45, 7) is 6.65. The maximum Gasteiger partial charge on any atom is 0.191 e. The van der Waals surface area contributed by atoms with Gasteiger partial charge in [-0.25, -0.2) is 9.38 Å². The highest BCUT2D eigenvalue weighted by atomic mass is 19.1. The minimum absolute atomic E-state index is 0.245. The van der Waals surface area contributed by atoms with Crippen molar-refractivity contribution in [3.05, 3.63) is 29.6 Å². The highest BCUT2D eigenvalue weighted by Crippen LogP contribution is 2.17. The molecule has 0 spiro atoms. The lowest BCUT2D eigenvalue weighted by atomic mass is 10.2. The van der Waals surface area contributed by atoms with E-state index in [1.54, 1.807) is 13.2 Å². The Hall–Kier alpha value is -1.86. The van der Waals surface area contributed by atoms with Crippen LogP contribution in [0.2, 0.25) is 0 Å². The molecule has 0 fully saturated rings. The van der Waals surface area contributed by atoms with Gasteiger partial charge >= 0.3 is 0 Å². The zero-order valence-electron chi connectivity index (χ0n) is 15.8. The summed E-state index contributed by atoms with van der Waals surface area (Å²) in [6.07, 6.45) is 1.02. The molecular weight excluding hydrogens is 323 g/mol. The fourth-order valence-electron chi connectivity index (χ4n) is 2.28. The zero-order chi connectivity index (χ0) is 18.5. The first kappa shape index (κ1) is 21.2. The predicted molar refractivity (Wildman–Crippen MR) is 99.8 cm³/mol. The molecule has 0 aliphatic carbocycles. The summed E-state index contributed by atoms with van der Waals surface area (Å²) < 4.78 is 23.7. The molecule has 0 atom stereocenters. The maximum absolute atomic E-state index is 13.7. The van der Waals surface area contributed by atoms with E-state index in [0.29, 0.717) is 6.54 Å². The minimum Gasteiger partial charge on any atom is -0.494 e. The van der Waals surface area contributed by atoms with Crippen LogP contribution in [0.15, 0.2) is 23.2 Å². The molecule has 2 N–H and O–H groups in total. The summed E-state index contributed by atoms with van der Waals surface area (Å²) in [6, 6.07) is 4.89. The van der Waals surface area contributed by atoms with Gasteiger partial charge in [0.05, 0.1) is 13.7 Å². The first-order chi connectivity index (χ1) is 12.1. The highest BCUT2D eigenvalue weighted by Gasteiger charge is 2.04. The quantitative estimate of drug-likeness (QED) is 0.361. The number of nitrogens with one attached hydrogen (secondary N) is 2. The van der Waals surface area contributed by atoms with Gasteiger partial charge in [0.15, 0.2) is 17.5 Å². The Morgan fingerprint density at radius 3 is 2.68 bits per heavy atom. The van der Waals surface area contributed by atoms with Gasteiger partial charge < -0.3 is 25.0 Å². The molecule has 0 aliphatic rings. The monoisotopic (exact) mass is 354 g/mol. The summed E-state index contributed by atoms with van der Waals surface area (Å²) >= 11 is 0. The number of nitrogens with zero attached hydrogens (tertiary/aromatic N) is 2. The number of ether oxygens (including phenoxy) is 2. The van der Waals surface area contributed by atoms with Crippen LogP contribution in [0.3, 0.4) is 0 Å². The Kier molecular flexibility index (Phi) is 10.6. The van der Waals surface area contributed by atoms with Gasteiger partial charge in [0.2, 0.25) is 0 Å². The van der Waals surface area contributed by atoms with Gasteiger partial charge in [-0.1, -0.05) is 6.07 Å². The largest absolute Gasteiger partial charge is 0.494 e. The summed E-state index contributed by atoms with van der Waals surface area (Å²) in [7, 11) is 5.26. The predicted octanol–water partition coefficient (Wildman–Crippen LogP) is 1.86. The van der Waals surface area contributed by atoms with Crippen molar-refractivity contribution in [1.82, 2.24) is 15.5 Å². The number of aliphatic imine (C=N–C) groups is 1. The van der Waals surface area contributed by atoms with E-state index in [0.717, 1.165) is 50.7 Å². The lowest BCUT2D eigenvalue weighted by molar-refractivity contribution is 0.180. The molecule has 0 aliphatic heterocycles. The summed E-state index contributed by atoms with van der Waals surface area (Å²) in [5.41, 5.74) is 0.798. The van der Waals surface area contributed by atoms with Crippen molar-refractivity contribution >= 4 is 5.96 Å². The topological polar surface area (TPSA) is 58.1 Å². The van der Waals surface area contributed by atoms with Crippen LogP contribution in [0.25, 0.3) is 0 Å². The van der Waals surface area contributed by atoms with Gasteiger partial charge in [0, 0.05) is 39.9 Å². The van der Waals surface area contributed by atoms with Crippen LogP contribution in [-0.4, -0.2) is 64.9 Å². The average molecular weight is 354 g/mol. The van der Waals surface area contributed by atoms with Gasteiger partial charge in [-0.3, -0.25) is 0 Å². The number of benzene rings is 1. The molecule has 0 unspecified atom stereocenters. The van der Waals surface area contributed by atoms with E-state index in [9.17, 15) is 4.39 Å². The molecule has 0 aromatic heterocycles. The Balaban J connectivity index is 2.46. The van der Waals surface area contributed by atoms with Crippen molar-refractivity contribution in [3.8, 4) is 5.75 Å². The van der Waals surface area contributed by atoms with Crippen LogP contribution < -0.4 is 15.4 Å². The first-order valence-electron chi connectivity index (χ1n) is 8.62. The van der Waals surface area contributed by atoms with E-state index in [-0.39, 0.29) is 11.6 Å². The molecule has 1 aromatic rings. The summed E-state index contributed by atoms with van der Waals surface area (Å²) in [4.78, 5) is 6.75. The third kappa shape index (κ3) is 8.69. The van der Waals surface area contributed by atoms with Crippen molar-refractivity contribution in [2.24, 2.45) is 4.99 Å². The Morgan fingerprint density at radius 1 is 1.24 bits per heavy atom. The van der Waals surface area contributed by atoms with E-state index in [4.69, 9.17) is 9.47 Å². The van der Waals surface area contributed by atoms with Crippen LogP contribution in [-0.2, 0) is 11.3 Å². The number of methoxy groups -OCH3 is 2. The van der Waals surface area contributed by atoms with Crippen molar-refractivity contribution in [3.63, 3.8) is 0 Å². The van der Waals surface area contributed by atoms with Crippen LogP contribution in [0.4, 0.5) is 4.39 Å². The molecule has 0 saturated carbocycles. The molecule has 1 rings (SSSR count). The molecule has 7 heteroatoms. The van der Waals surface area contributed by atoms with E-state index < -0.39 is 0 Å². The second-order valence-electron chi connectivity index (χ2n) is 5.74. The average Bonchev–Trinajstić information content (AvgIpc) is 2.60. The summed E-state index contributed by atoms with van der Waals surface area (Å²) in [5.74, 6) is 0.601. The third-order valence-corrected chi connectivity index (χ3v) is 3.65. The number of likely N-dealkylation sites (N-methyl/N-ethyl adjacent to an activating group) is 1. The van der Waals surface area contributed by atoms with Crippen molar-refractivity contribution in [2.75, 3.05) is 54.1 Å². The number of rotatable bonds is 11. The molecule has 6 nitrogen and oxygen atoms in total. The summed E-state index contributed by atoms with van der Waals surface area (Å²) in [5, 5.41) is 6.49. The molecular formula is C18H31FN4O2. The van der Waals surface area contributed by atoms with E-state index in [1.165, 1.54) is 13.2 Å². The maximum atomic E-state index is 13.7. The van der Waals surface area contributed by atoms with Crippen LogP contribution in [0.1, 0.15) is 18.9 Å². The number of hydrogen-bond acceptors (Lipinski definition) is 4. The molecule has 0 bridgehead atoms. The van der Waals surface area contributed by atoms with Gasteiger partial charge in [0.1, 0.15) is 0 Å². The lowest BCUT2D eigenvalue weighted by Gasteiger charge is -2.18. The van der Waals surface area contributed by atoms with Crippen LogP contribution in [0.5, 0.6) is 5.75 Å². The minimum atomic E-state index is -0.370. The SMILES string of the molecule is CCNC(=NCc1ccc(OC)c(F)c1)NCCN(C)CCCOC. The van der Waals surface area contributed by atoms with Crippen molar-refractivity contribution < 1.29 is 13.9 Å². The van der Waals surface area contributed by atoms with Crippen LogP contribution in [0, 0.1) is 5.82 Å². The molecule has 1 aromatic carbocycles. The highest BCUT2D eigenvalue weighted by molar-refractivity contribution is 5.79. The number of hydrogen-bond donors (Lipinski definition) is 2. The van der Waals surface area contributed by atoms with Gasteiger partial charge in [0.25, 0.3) is 0 Å². The Morgan fingerprint density at radius 2 is 2.04 bits per heavy atom. The smallest absolute Gasteiger partial charge is 0.191 e. The fraction of sp³-hybridized carbons (Fsp3) is 0.611. The lowest BCUT2D eigenvalue weighted by Crippen LogP contribution is -2.41. The van der Waals surface area contributed by atoms with Gasteiger partial charge in [-0.15, -0.1) is 0 Å². The standard InChI is InChI=1S/C18H31FN4O2/c1-5-20-18(21-9-11-23(2)10-6-12-24-3)22-14-15-7-8-17(25-4)16(19)13-15/h7-8,13H,5-6,9-12,14H2,1-4H3,(H2,20,21,22). The Labute approximate surface area is 150 Å². The van der Waals surface area contributed by atoms with Gasteiger partial charge in [-0.2, -0.15) is 0 Å². The van der Waals surface area contributed by atoms with E-state index in [1.807, 2.05) is 13.0 Å². The molecule has 0 amide bonds. The van der Waals surface area contributed by atoms with E-state index in [2.05, 4.69) is 27.6 Å². The molecule has 142 valence electrons. The molecule has 0 radical (unpaired) electrons.